The Hall–Kier alpha value is -3.51. The molecule has 0 saturated heterocycles. The number of hydrogen-bond acceptors (Lipinski definition) is 5. The lowest BCUT2D eigenvalue weighted by Crippen LogP contribution is -2.19. The molecule has 0 unspecified atom stereocenters. The van der Waals surface area contributed by atoms with Gasteiger partial charge in [-0.05, 0) is 55.5 Å². The highest BCUT2D eigenvalue weighted by Crippen LogP contribution is 2.29. The summed E-state index contributed by atoms with van der Waals surface area (Å²) >= 11 is 1.46. The van der Waals surface area contributed by atoms with Crippen molar-refractivity contribution in [3.05, 3.63) is 94.0 Å². The highest BCUT2D eigenvalue weighted by molar-refractivity contribution is 8.13. The molecule has 5 nitrogen and oxygen atoms in total. The summed E-state index contributed by atoms with van der Waals surface area (Å²) in [5.41, 5.74) is 5.46. The van der Waals surface area contributed by atoms with E-state index in [0.29, 0.717) is 16.8 Å². The summed E-state index contributed by atoms with van der Waals surface area (Å²) in [6.07, 6.45) is 3.95. The van der Waals surface area contributed by atoms with Crippen LogP contribution in [0.1, 0.15) is 28.0 Å². The van der Waals surface area contributed by atoms with Crippen LogP contribution in [0, 0.1) is 13.8 Å². The average molecular weight is 456 g/mol. The van der Waals surface area contributed by atoms with Crippen LogP contribution in [0.4, 0.5) is 5.69 Å². The number of hydrogen-bond donors (Lipinski definition) is 0. The zero-order valence-electron chi connectivity index (χ0n) is 19.1. The SMILES string of the molecule is CSC(CC(=O)c1ccccc1)=Nc1ccc(C)c(-c2cc3cnc(C)cc3n(C)c2=O)c1. The lowest BCUT2D eigenvalue weighted by Gasteiger charge is -2.12. The number of aryl methyl sites for hydroxylation is 3. The molecule has 0 amide bonds. The maximum absolute atomic E-state index is 13.2. The number of aromatic nitrogens is 2. The normalized spacial score (nSPS) is 11.7. The van der Waals surface area contributed by atoms with E-state index < -0.39 is 0 Å². The minimum absolute atomic E-state index is 0.0298. The Morgan fingerprint density at radius 1 is 1.03 bits per heavy atom. The third-order valence-corrected chi connectivity index (χ3v) is 6.36. The second kappa shape index (κ2) is 9.55. The van der Waals surface area contributed by atoms with Crippen molar-refractivity contribution in [2.45, 2.75) is 20.3 Å². The largest absolute Gasteiger partial charge is 0.311 e. The number of benzene rings is 2. The van der Waals surface area contributed by atoms with Crippen molar-refractivity contribution in [2.75, 3.05) is 6.26 Å². The molecular formula is C27H25N3O2S. The molecule has 0 aliphatic heterocycles. The molecule has 0 N–H and O–H groups in total. The Morgan fingerprint density at radius 3 is 2.52 bits per heavy atom. The van der Waals surface area contributed by atoms with Crippen molar-refractivity contribution in [1.82, 2.24) is 9.55 Å². The summed E-state index contributed by atoms with van der Waals surface area (Å²) < 4.78 is 1.67. The van der Waals surface area contributed by atoms with E-state index >= 15 is 0 Å². The molecule has 0 radical (unpaired) electrons. The third-order valence-electron chi connectivity index (χ3n) is 5.65. The maximum atomic E-state index is 13.2. The Kier molecular flexibility index (Phi) is 6.56. The van der Waals surface area contributed by atoms with Gasteiger partial charge in [0, 0.05) is 35.5 Å². The van der Waals surface area contributed by atoms with Gasteiger partial charge in [-0.3, -0.25) is 14.6 Å². The molecule has 166 valence electrons. The molecule has 0 aliphatic carbocycles. The maximum Gasteiger partial charge on any atom is 0.258 e. The molecule has 0 fully saturated rings. The van der Waals surface area contributed by atoms with Crippen LogP contribution in [0.25, 0.3) is 22.0 Å². The van der Waals surface area contributed by atoms with Crippen molar-refractivity contribution in [3.63, 3.8) is 0 Å². The van der Waals surface area contributed by atoms with Gasteiger partial charge in [-0.15, -0.1) is 11.8 Å². The van der Waals surface area contributed by atoms with Crippen LogP contribution >= 0.6 is 11.8 Å². The van der Waals surface area contributed by atoms with Crippen LogP contribution in [-0.4, -0.2) is 26.6 Å². The van der Waals surface area contributed by atoms with Gasteiger partial charge in [0.05, 0.1) is 22.7 Å². The number of thioether (sulfide) groups is 1. The van der Waals surface area contributed by atoms with E-state index in [-0.39, 0.29) is 17.8 Å². The highest BCUT2D eigenvalue weighted by atomic mass is 32.2. The molecule has 2 heterocycles. The van der Waals surface area contributed by atoms with Crippen molar-refractivity contribution in [3.8, 4) is 11.1 Å². The fourth-order valence-electron chi connectivity index (χ4n) is 3.79. The van der Waals surface area contributed by atoms with Crippen molar-refractivity contribution in [2.24, 2.45) is 12.0 Å². The molecule has 6 heteroatoms. The zero-order chi connectivity index (χ0) is 23.5. The molecule has 4 rings (SSSR count). The van der Waals surface area contributed by atoms with Gasteiger partial charge in [-0.25, -0.2) is 4.99 Å². The third kappa shape index (κ3) is 4.81. The predicted molar refractivity (Wildman–Crippen MR) is 138 cm³/mol. The quantitative estimate of drug-likeness (QED) is 0.214. The standard InChI is InChI=1S/C27H25N3O2S/c1-17-10-11-21(29-26(33-4)15-25(31)19-8-6-5-7-9-19)14-22(17)23-13-20-16-28-18(2)12-24(20)30(3)27(23)32/h5-14,16H,15H2,1-4H3. The number of aliphatic imine (C=N–C) groups is 1. The lowest BCUT2D eigenvalue weighted by atomic mass is 9.99. The molecule has 0 bridgehead atoms. The molecule has 0 saturated carbocycles. The fourth-order valence-corrected chi connectivity index (χ4v) is 4.26. The average Bonchev–Trinajstić information content (AvgIpc) is 2.83. The molecule has 33 heavy (non-hydrogen) atoms. The highest BCUT2D eigenvalue weighted by Gasteiger charge is 2.14. The molecule has 0 aliphatic rings. The van der Waals surface area contributed by atoms with E-state index in [4.69, 9.17) is 4.99 Å². The van der Waals surface area contributed by atoms with Gasteiger partial charge in [0.2, 0.25) is 0 Å². The van der Waals surface area contributed by atoms with Crippen LogP contribution in [0.5, 0.6) is 0 Å². The minimum atomic E-state index is -0.0679. The number of Topliss-reactive ketones (excluding diaryl/α,β-unsaturated/α-hetero) is 1. The van der Waals surface area contributed by atoms with Crippen LogP contribution in [-0.2, 0) is 7.05 Å². The molecule has 2 aromatic heterocycles. The van der Waals surface area contributed by atoms with Crippen LogP contribution in [0.3, 0.4) is 0 Å². The van der Waals surface area contributed by atoms with E-state index in [2.05, 4.69) is 4.98 Å². The lowest BCUT2D eigenvalue weighted by molar-refractivity contribution is 0.100. The van der Waals surface area contributed by atoms with E-state index in [1.165, 1.54) is 11.8 Å². The molecule has 4 aromatic rings. The first-order valence-electron chi connectivity index (χ1n) is 10.6. The summed E-state index contributed by atoms with van der Waals surface area (Å²) in [4.78, 5) is 34.9. The van der Waals surface area contributed by atoms with Gasteiger partial charge in [0.15, 0.2) is 5.78 Å². The van der Waals surface area contributed by atoms with Crippen LogP contribution in [0.15, 0.2) is 76.6 Å². The van der Waals surface area contributed by atoms with Gasteiger partial charge < -0.3 is 4.57 Å². The fraction of sp³-hybridized carbons (Fsp3) is 0.185. The second-order valence-electron chi connectivity index (χ2n) is 7.98. The summed E-state index contributed by atoms with van der Waals surface area (Å²) in [5.74, 6) is 0.0298. The molecule has 2 aromatic carbocycles. The predicted octanol–water partition coefficient (Wildman–Crippen LogP) is 5.88. The number of fused-ring (bicyclic) bond motifs is 1. The van der Waals surface area contributed by atoms with Crippen molar-refractivity contribution >= 4 is 39.2 Å². The monoisotopic (exact) mass is 455 g/mol. The number of ketones is 1. The van der Waals surface area contributed by atoms with E-state index in [0.717, 1.165) is 32.8 Å². The van der Waals surface area contributed by atoms with Gasteiger partial charge >= 0.3 is 0 Å². The Balaban J connectivity index is 1.74. The van der Waals surface area contributed by atoms with Gasteiger partial charge in [0.1, 0.15) is 0 Å². The summed E-state index contributed by atoms with van der Waals surface area (Å²) in [6.45, 7) is 3.89. The molecule has 0 atom stereocenters. The zero-order valence-corrected chi connectivity index (χ0v) is 19.9. The first-order chi connectivity index (χ1) is 15.9. The molecule has 0 spiro atoms. The number of carbonyl (C=O) groups excluding carboxylic acids is 1. The van der Waals surface area contributed by atoms with Gasteiger partial charge in [0.25, 0.3) is 5.56 Å². The first kappa shape index (κ1) is 22.7. The summed E-state index contributed by atoms with van der Waals surface area (Å²) in [6, 6.07) is 18.8. The van der Waals surface area contributed by atoms with Gasteiger partial charge in [-0.1, -0.05) is 36.4 Å². The van der Waals surface area contributed by atoms with E-state index in [1.807, 2.05) is 80.8 Å². The topological polar surface area (TPSA) is 64.3 Å². The Morgan fingerprint density at radius 2 is 1.79 bits per heavy atom. The van der Waals surface area contributed by atoms with Crippen molar-refractivity contribution < 1.29 is 4.79 Å². The van der Waals surface area contributed by atoms with Crippen LogP contribution < -0.4 is 5.56 Å². The van der Waals surface area contributed by atoms with E-state index in [9.17, 15) is 9.59 Å². The smallest absolute Gasteiger partial charge is 0.258 e. The van der Waals surface area contributed by atoms with Crippen LogP contribution in [0.2, 0.25) is 0 Å². The van der Waals surface area contributed by atoms with Gasteiger partial charge in [-0.2, -0.15) is 0 Å². The Bertz CT molecular complexity index is 1440. The number of rotatable bonds is 5. The number of carbonyl (C=O) groups is 1. The summed E-state index contributed by atoms with van der Waals surface area (Å²) in [5, 5.41) is 1.63. The first-order valence-corrected chi connectivity index (χ1v) is 11.9. The second-order valence-corrected chi connectivity index (χ2v) is 8.86. The summed E-state index contributed by atoms with van der Waals surface area (Å²) in [7, 11) is 1.78. The Labute approximate surface area is 197 Å². The number of pyridine rings is 2. The van der Waals surface area contributed by atoms with Crippen molar-refractivity contribution in [1.29, 1.82) is 0 Å². The minimum Gasteiger partial charge on any atom is -0.311 e. The number of nitrogens with zero attached hydrogens (tertiary/aromatic N) is 3. The molecular weight excluding hydrogens is 430 g/mol. The van der Waals surface area contributed by atoms with E-state index in [1.54, 1.807) is 17.8 Å².